The molecule has 13 heteroatoms. The SMILES string of the molecule is CCC(C)[C@H](NC(=O)C1CCCCN1C)C(=O)N(C)C(C[C@@H](O)c1nc(C(=O)NC2(C[C@H](C)C(=O)O)CC2c2ccc(F)cc2)cs1)C(C)C. The number of likely N-dealkylation sites (tertiary alicyclic amines) is 1. The number of aromatic nitrogens is 1. The van der Waals surface area contributed by atoms with Crippen molar-refractivity contribution in [3.05, 3.63) is 51.7 Å². The van der Waals surface area contributed by atoms with Gasteiger partial charge in [0.05, 0.1) is 12.0 Å². The standard InChI is InChI=1S/C37H54FN5O6S/c1-8-22(4)31(40-33(46)28-11-9-10-16-42(28)6)35(47)43(7)29(21(2)3)17-30(44)34-39-27(20-50-34)32(45)41-37(18-23(5)36(48)49)19-26(37)24-12-14-25(38)15-13-24/h12-15,20-23,26,28-31,44H,8-11,16-19H2,1-7H3,(H,40,46)(H,41,45)(H,48,49)/t22?,23-,26?,28?,29?,30+,31-,37?/m0/s1. The quantitative estimate of drug-likeness (QED) is 0.190. The number of likely N-dealkylation sites (N-methyl/N-ethyl adjacent to an activating group) is 2. The number of aliphatic hydroxyl groups is 1. The molecule has 5 unspecified atom stereocenters. The second-order valence-corrected chi connectivity index (χ2v) is 15.7. The minimum Gasteiger partial charge on any atom is -0.481 e. The summed E-state index contributed by atoms with van der Waals surface area (Å²) in [7, 11) is 3.65. The summed E-state index contributed by atoms with van der Waals surface area (Å²) in [4.78, 5) is 60.7. The second kappa shape index (κ2) is 16.7. The first-order valence-electron chi connectivity index (χ1n) is 17.8. The molecular formula is C37H54FN5O6S. The van der Waals surface area contributed by atoms with Gasteiger partial charge in [0.25, 0.3) is 5.91 Å². The molecule has 2 aliphatic rings. The first-order valence-corrected chi connectivity index (χ1v) is 18.7. The predicted molar refractivity (Wildman–Crippen MR) is 190 cm³/mol. The fourth-order valence-electron chi connectivity index (χ4n) is 7.25. The summed E-state index contributed by atoms with van der Waals surface area (Å²) in [5, 5.41) is 28.9. The summed E-state index contributed by atoms with van der Waals surface area (Å²) in [6, 6.07) is 4.64. The number of nitrogens with one attached hydrogen (secondary N) is 2. The van der Waals surface area contributed by atoms with Crippen molar-refractivity contribution in [2.75, 3.05) is 20.6 Å². The fraction of sp³-hybridized carbons (Fsp3) is 0.649. The van der Waals surface area contributed by atoms with E-state index in [9.17, 15) is 33.8 Å². The summed E-state index contributed by atoms with van der Waals surface area (Å²) in [5.74, 6) is -3.21. The number of aliphatic carboxylic acids is 1. The Labute approximate surface area is 299 Å². The maximum Gasteiger partial charge on any atom is 0.306 e. The number of benzene rings is 1. The van der Waals surface area contributed by atoms with E-state index in [1.807, 2.05) is 39.6 Å². The lowest BCUT2D eigenvalue weighted by molar-refractivity contribution is -0.141. The Balaban J connectivity index is 1.45. The highest BCUT2D eigenvalue weighted by atomic mass is 32.1. The molecule has 1 saturated carbocycles. The van der Waals surface area contributed by atoms with E-state index in [2.05, 4.69) is 15.6 Å². The molecule has 1 aromatic carbocycles. The lowest BCUT2D eigenvalue weighted by Crippen LogP contribution is -2.58. The third-order valence-electron chi connectivity index (χ3n) is 10.8. The van der Waals surface area contributed by atoms with Gasteiger partial charge >= 0.3 is 5.97 Å². The highest BCUT2D eigenvalue weighted by Crippen LogP contribution is 2.55. The highest BCUT2D eigenvalue weighted by molar-refractivity contribution is 7.09. The fourth-order valence-corrected chi connectivity index (χ4v) is 8.05. The summed E-state index contributed by atoms with van der Waals surface area (Å²) in [6.07, 6.45) is 3.29. The number of halogens is 1. The topological polar surface area (TPSA) is 152 Å². The lowest BCUT2D eigenvalue weighted by Gasteiger charge is -2.38. The van der Waals surface area contributed by atoms with E-state index >= 15 is 0 Å². The smallest absolute Gasteiger partial charge is 0.306 e. The summed E-state index contributed by atoms with van der Waals surface area (Å²) < 4.78 is 13.6. The number of aliphatic hydroxyl groups excluding tert-OH is 1. The third-order valence-corrected chi connectivity index (χ3v) is 11.7. The van der Waals surface area contributed by atoms with E-state index in [1.165, 1.54) is 12.1 Å². The van der Waals surface area contributed by atoms with Crippen LogP contribution in [-0.4, -0.2) is 93.0 Å². The molecule has 2 fully saturated rings. The van der Waals surface area contributed by atoms with Gasteiger partial charge in [0, 0.05) is 36.3 Å². The average Bonchev–Trinajstić information content (AvgIpc) is 3.52. The van der Waals surface area contributed by atoms with E-state index < -0.39 is 35.5 Å². The van der Waals surface area contributed by atoms with Gasteiger partial charge < -0.3 is 25.7 Å². The number of carbonyl (C=O) groups excluding carboxylic acids is 3. The molecule has 1 saturated heterocycles. The number of nitrogens with zero attached hydrogens (tertiary/aromatic N) is 3. The number of rotatable bonds is 16. The number of thiazole rings is 1. The maximum absolute atomic E-state index is 14.0. The van der Waals surface area contributed by atoms with E-state index in [4.69, 9.17) is 0 Å². The zero-order valence-electron chi connectivity index (χ0n) is 30.3. The summed E-state index contributed by atoms with van der Waals surface area (Å²) >= 11 is 1.14. The molecule has 8 atom stereocenters. The monoisotopic (exact) mass is 715 g/mol. The van der Waals surface area contributed by atoms with Gasteiger partial charge in [-0.05, 0) is 68.8 Å². The first-order chi connectivity index (χ1) is 23.6. The van der Waals surface area contributed by atoms with Crippen molar-refractivity contribution in [2.45, 2.75) is 115 Å². The zero-order chi connectivity index (χ0) is 36.9. The zero-order valence-corrected chi connectivity index (χ0v) is 31.1. The Hall–Kier alpha value is -3.42. The van der Waals surface area contributed by atoms with Gasteiger partial charge in [-0.3, -0.25) is 24.1 Å². The van der Waals surface area contributed by atoms with Gasteiger partial charge in [-0.1, -0.05) is 59.6 Å². The molecular weight excluding hydrogens is 662 g/mol. The molecule has 2 aromatic rings. The van der Waals surface area contributed by atoms with Crippen molar-refractivity contribution in [1.29, 1.82) is 0 Å². The Bertz CT molecular complexity index is 1500. The number of carboxylic acids is 1. The number of piperidine rings is 1. The minimum atomic E-state index is -1.06. The summed E-state index contributed by atoms with van der Waals surface area (Å²) in [5.41, 5.74) is 0.0944. The van der Waals surface area contributed by atoms with Crippen LogP contribution in [0.5, 0.6) is 0 Å². The van der Waals surface area contributed by atoms with E-state index in [0.29, 0.717) is 17.8 Å². The van der Waals surface area contributed by atoms with E-state index in [-0.39, 0.29) is 66.0 Å². The van der Waals surface area contributed by atoms with Crippen LogP contribution in [0.15, 0.2) is 29.6 Å². The van der Waals surface area contributed by atoms with Crippen LogP contribution in [0.25, 0.3) is 0 Å². The van der Waals surface area contributed by atoms with Crippen LogP contribution in [0.1, 0.15) is 113 Å². The number of hydrogen-bond acceptors (Lipinski definition) is 8. The van der Waals surface area contributed by atoms with Gasteiger partial charge in [0.15, 0.2) is 0 Å². The molecule has 0 bridgehead atoms. The van der Waals surface area contributed by atoms with Crippen molar-refractivity contribution >= 4 is 35.0 Å². The molecule has 4 rings (SSSR count). The van der Waals surface area contributed by atoms with Gasteiger partial charge in [-0.2, -0.15) is 0 Å². The van der Waals surface area contributed by atoms with Gasteiger partial charge in [0.2, 0.25) is 11.8 Å². The van der Waals surface area contributed by atoms with Crippen LogP contribution < -0.4 is 10.6 Å². The van der Waals surface area contributed by atoms with Crippen LogP contribution in [-0.2, 0) is 14.4 Å². The van der Waals surface area contributed by atoms with E-state index in [1.54, 1.807) is 36.4 Å². The minimum absolute atomic E-state index is 0.0339. The number of hydrogen-bond donors (Lipinski definition) is 4. The Morgan fingerprint density at radius 1 is 1.14 bits per heavy atom. The number of carboxylic acid groups (broad SMARTS) is 1. The van der Waals surface area contributed by atoms with E-state index in [0.717, 1.165) is 42.7 Å². The molecule has 0 spiro atoms. The molecule has 0 radical (unpaired) electrons. The van der Waals surface area contributed by atoms with Gasteiger partial charge in [-0.15, -0.1) is 11.3 Å². The Kier molecular flexibility index (Phi) is 13.2. The highest BCUT2D eigenvalue weighted by Gasteiger charge is 2.57. The third kappa shape index (κ3) is 9.27. The molecule has 50 heavy (non-hydrogen) atoms. The van der Waals surface area contributed by atoms with Crippen LogP contribution in [0, 0.1) is 23.6 Å². The largest absolute Gasteiger partial charge is 0.481 e. The van der Waals surface area contributed by atoms with Crippen LogP contribution >= 0.6 is 11.3 Å². The Morgan fingerprint density at radius 3 is 2.42 bits per heavy atom. The maximum atomic E-state index is 14.0. The predicted octanol–water partition coefficient (Wildman–Crippen LogP) is 4.97. The first kappa shape index (κ1) is 39.4. The van der Waals surface area contributed by atoms with Crippen molar-refractivity contribution in [3.63, 3.8) is 0 Å². The molecule has 276 valence electrons. The van der Waals surface area contributed by atoms with Gasteiger partial charge in [-0.25, -0.2) is 9.37 Å². The molecule has 2 heterocycles. The van der Waals surface area contributed by atoms with Crippen LogP contribution in [0.4, 0.5) is 4.39 Å². The molecule has 1 aliphatic carbocycles. The molecule has 1 aliphatic heterocycles. The molecule has 3 amide bonds. The molecule has 1 aromatic heterocycles. The molecule has 4 N–H and O–H groups in total. The average molecular weight is 716 g/mol. The van der Waals surface area contributed by atoms with Crippen molar-refractivity contribution in [2.24, 2.45) is 17.8 Å². The Morgan fingerprint density at radius 2 is 1.82 bits per heavy atom. The number of carbonyl (C=O) groups is 4. The lowest BCUT2D eigenvalue weighted by atomic mass is 9.92. The van der Waals surface area contributed by atoms with Crippen LogP contribution in [0.2, 0.25) is 0 Å². The number of amides is 3. The normalized spacial score (nSPS) is 23.7. The van der Waals surface area contributed by atoms with Crippen molar-refractivity contribution < 1.29 is 33.8 Å². The van der Waals surface area contributed by atoms with Crippen molar-refractivity contribution in [1.82, 2.24) is 25.4 Å². The second-order valence-electron chi connectivity index (χ2n) is 14.8. The summed E-state index contributed by atoms with van der Waals surface area (Å²) in [6.45, 7) is 10.3. The molecule has 11 nitrogen and oxygen atoms in total. The van der Waals surface area contributed by atoms with Crippen LogP contribution in [0.3, 0.4) is 0 Å². The van der Waals surface area contributed by atoms with Gasteiger partial charge in [0.1, 0.15) is 28.7 Å². The van der Waals surface area contributed by atoms with Crippen molar-refractivity contribution in [3.8, 4) is 0 Å².